The SMILES string of the molecule is COc1ccc(Oc2nccc3c2ncn3C)cc1N. The van der Waals surface area contributed by atoms with Crippen LogP contribution in [0.2, 0.25) is 0 Å². The van der Waals surface area contributed by atoms with E-state index in [-0.39, 0.29) is 0 Å². The summed E-state index contributed by atoms with van der Waals surface area (Å²) < 4.78 is 12.8. The lowest BCUT2D eigenvalue weighted by Gasteiger charge is -2.08. The van der Waals surface area contributed by atoms with Crippen LogP contribution in [0.5, 0.6) is 17.4 Å². The van der Waals surface area contributed by atoms with Crippen LogP contribution in [-0.4, -0.2) is 21.6 Å². The number of rotatable bonds is 3. The number of anilines is 1. The van der Waals surface area contributed by atoms with Gasteiger partial charge >= 0.3 is 0 Å². The standard InChI is InChI=1S/C14H14N4O2/c1-18-8-17-13-11(18)5-6-16-14(13)20-9-3-4-12(19-2)10(15)7-9/h3-8H,15H2,1-2H3. The van der Waals surface area contributed by atoms with Crippen molar-refractivity contribution >= 4 is 16.7 Å². The number of hydrogen-bond acceptors (Lipinski definition) is 5. The Morgan fingerprint density at radius 2 is 2.05 bits per heavy atom. The van der Waals surface area contributed by atoms with Crippen LogP contribution >= 0.6 is 0 Å². The maximum absolute atomic E-state index is 5.86. The molecule has 0 spiro atoms. The van der Waals surface area contributed by atoms with Gasteiger partial charge in [0.1, 0.15) is 11.5 Å². The lowest BCUT2D eigenvalue weighted by atomic mass is 10.3. The van der Waals surface area contributed by atoms with E-state index in [9.17, 15) is 0 Å². The smallest absolute Gasteiger partial charge is 0.247 e. The Kier molecular flexibility index (Phi) is 2.90. The van der Waals surface area contributed by atoms with Crippen molar-refractivity contribution in [2.45, 2.75) is 0 Å². The van der Waals surface area contributed by atoms with Crippen LogP contribution in [0.4, 0.5) is 5.69 Å². The molecule has 6 heteroatoms. The third-order valence-corrected chi connectivity index (χ3v) is 3.03. The van der Waals surface area contributed by atoms with Crippen LogP contribution in [0.25, 0.3) is 11.0 Å². The Balaban J connectivity index is 1.99. The summed E-state index contributed by atoms with van der Waals surface area (Å²) in [5.41, 5.74) is 8.04. The summed E-state index contributed by atoms with van der Waals surface area (Å²) in [5.74, 6) is 1.66. The van der Waals surface area contributed by atoms with Gasteiger partial charge < -0.3 is 19.8 Å². The maximum Gasteiger partial charge on any atom is 0.247 e. The van der Waals surface area contributed by atoms with E-state index in [1.165, 1.54) is 0 Å². The fourth-order valence-corrected chi connectivity index (χ4v) is 2.00. The molecule has 0 amide bonds. The van der Waals surface area contributed by atoms with Gasteiger partial charge in [0, 0.05) is 19.3 Å². The molecule has 0 aliphatic carbocycles. The molecule has 0 radical (unpaired) electrons. The van der Waals surface area contributed by atoms with E-state index < -0.39 is 0 Å². The fraction of sp³-hybridized carbons (Fsp3) is 0.143. The highest BCUT2D eigenvalue weighted by Crippen LogP contribution is 2.30. The number of methoxy groups -OCH3 is 1. The van der Waals surface area contributed by atoms with E-state index in [1.54, 1.807) is 37.8 Å². The van der Waals surface area contributed by atoms with Gasteiger partial charge in [-0.25, -0.2) is 9.97 Å². The summed E-state index contributed by atoms with van der Waals surface area (Å²) in [6.07, 6.45) is 3.41. The Hall–Kier alpha value is -2.76. The van der Waals surface area contributed by atoms with Gasteiger partial charge in [0.05, 0.1) is 24.6 Å². The molecule has 102 valence electrons. The number of benzene rings is 1. The Morgan fingerprint density at radius 1 is 1.20 bits per heavy atom. The Labute approximate surface area is 115 Å². The number of ether oxygens (including phenoxy) is 2. The molecule has 20 heavy (non-hydrogen) atoms. The molecule has 2 aromatic heterocycles. The number of imidazole rings is 1. The molecule has 0 fully saturated rings. The second kappa shape index (κ2) is 4.73. The van der Waals surface area contributed by atoms with Gasteiger partial charge in [0.25, 0.3) is 0 Å². The molecular formula is C14H14N4O2. The zero-order chi connectivity index (χ0) is 14.1. The monoisotopic (exact) mass is 270 g/mol. The van der Waals surface area contributed by atoms with Gasteiger partial charge in [-0.15, -0.1) is 0 Å². The highest BCUT2D eigenvalue weighted by atomic mass is 16.5. The van der Waals surface area contributed by atoms with Gasteiger partial charge in [-0.2, -0.15) is 0 Å². The molecule has 2 N–H and O–H groups in total. The van der Waals surface area contributed by atoms with E-state index in [4.69, 9.17) is 15.2 Å². The average Bonchev–Trinajstić information content (AvgIpc) is 2.82. The zero-order valence-electron chi connectivity index (χ0n) is 11.2. The van der Waals surface area contributed by atoms with Gasteiger partial charge in [-0.1, -0.05) is 0 Å². The second-order valence-corrected chi connectivity index (χ2v) is 4.35. The van der Waals surface area contributed by atoms with Crippen LogP contribution in [0.1, 0.15) is 0 Å². The van der Waals surface area contributed by atoms with Crippen LogP contribution < -0.4 is 15.2 Å². The Bertz CT molecular complexity index is 767. The summed E-state index contributed by atoms with van der Waals surface area (Å²) in [6.45, 7) is 0. The van der Waals surface area contributed by atoms with Crippen molar-refractivity contribution in [1.82, 2.24) is 14.5 Å². The molecule has 1 aromatic carbocycles. The summed E-state index contributed by atoms with van der Waals surface area (Å²) in [4.78, 5) is 8.51. The molecule has 0 saturated heterocycles. The van der Waals surface area contributed by atoms with Gasteiger partial charge in [0.2, 0.25) is 5.88 Å². The van der Waals surface area contributed by atoms with Crippen molar-refractivity contribution in [3.63, 3.8) is 0 Å². The van der Waals surface area contributed by atoms with Crippen LogP contribution in [0.3, 0.4) is 0 Å². The molecule has 0 aliphatic rings. The fourth-order valence-electron chi connectivity index (χ4n) is 2.00. The van der Waals surface area contributed by atoms with Crippen LogP contribution in [-0.2, 0) is 7.05 Å². The summed E-state index contributed by atoms with van der Waals surface area (Å²) in [6, 6.07) is 7.11. The number of nitrogens with zero attached hydrogens (tertiary/aromatic N) is 3. The number of nitrogens with two attached hydrogens (primary N) is 1. The molecule has 0 aliphatic heterocycles. The van der Waals surface area contributed by atoms with Crippen molar-refractivity contribution in [3.8, 4) is 17.4 Å². The minimum atomic E-state index is 0.452. The largest absolute Gasteiger partial charge is 0.495 e. The number of pyridine rings is 1. The quantitative estimate of drug-likeness (QED) is 0.739. The normalized spacial score (nSPS) is 10.7. The van der Waals surface area contributed by atoms with Gasteiger partial charge in [-0.05, 0) is 18.2 Å². The van der Waals surface area contributed by atoms with Crippen LogP contribution in [0, 0.1) is 0 Å². The lowest BCUT2D eigenvalue weighted by molar-refractivity contribution is 0.414. The molecule has 0 unspecified atom stereocenters. The summed E-state index contributed by atoms with van der Waals surface area (Å²) in [7, 11) is 3.49. The molecule has 6 nitrogen and oxygen atoms in total. The van der Waals surface area contributed by atoms with E-state index in [0.29, 0.717) is 28.6 Å². The third kappa shape index (κ3) is 2.01. The van der Waals surface area contributed by atoms with E-state index in [1.807, 2.05) is 17.7 Å². The van der Waals surface area contributed by atoms with Gasteiger partial charge in [-0.3, -0.25) is 0 Å². The topological polar surface area (TPSA) is 75.2 Å². The summed E-state index contributed by atoms with van der Waals surface area (Å²) >= 11 is 0. The molecule has 3 rings (SSSR count). The van der Waals surface area contributed by atoms with E-state index in [0.717, 1.165) is 5.52 Å². The summed E-state index contributed by atoms with van der Waals surface area (Å²) in [5, 5.41) is 0. The molecule has 0 atom stereocenters. The van der Waals surface area contributed by atoms with Crippen molar-refractivity contribution in [2.24, 2.45) is 7.05 Å². The van der Waals surface area contributed by atoms with Crippen molar-refractivity contribution in [2.75, 3.05) is 12.8 Å². The highest BCUT2D eigenvalue weighted by molar-refractivity contribution is 5.80. The third-order valence-electron chi connectivity index (χ3n) is 3.03. The molecular weight excluding hydrogens is 256 g/mol. The molecule has 0 bridgehead atoms. The predicted molar refractivity (Wildman–Crippen MR) is 76.0 cm³/mol. The predicted octanol–water partition coefficient (Wildman–Crippen LogP) is 2.35. The number of hydrogen-bond donors (Lipinski definition) is 1. The van der Waals surface area contributed by atoms with E-state index in [2.05, 4.69) is 9.97 Å². The first kappa shape index (κ1) is 12.3. The first-order chi connectivity index (χ1) is 9.69. The minimum Gasteiger partial charge on any atom is -0.495 e. The first-order valence-corrected chi connectivity index (χ1v) is 6.06. The first-order valence-electron chi connectivity index (χ1n) is 6.06. The number of fused-ring (bicyclic) bond motifs is 1. The highest BCUT2D eigenvalue weighted by Gasteiger charge is 2.10. The maximum atomic E-state index is 5.86. The van der Waals surface area contributed by atoms with Crippen molar-refractivity contribution in [3.05, 3.63) is 36.8 Å². The van der Waals surface area contributed by atoms with E-state index >= 15 is 0 Å². The molecule has 0 saturated carbocycles. The lowest BCUT2D eigenvalue weighted by Crippen LogP contribution is -1.94. The Morgan fingerprint density at radius 3 is 2.80 bits per heavy atom. The number of nitrogen functional groups attached to an aromatic ring is 1. The molecule has 3 aromatic rings. The van der Waals surface area contributed by atoms with Crippen LogP contribution in [0.15, 0.2) is 36.8 Å². The molecule has 2 heterocycles. The number of aryl methyl sites for hydroxylation is 1. The average molecular weight is 270 g/mol. The van der Waals surface area contributed by atoms with Crippen molar-refractivity contribution in [1.29, 1.82) is 0 Å². The van der Waals surface area contributed by atoms with Crippen molar-refractivity contribution < 1.29 is 9.47 Å². The minimum absolute atomic E-state index is 0.452. The second-order valence-electron chi connectivity index (χ2n) is 4.35. The number of aromatic nitrogens is 3. The van der Waals surface area contributed by atoms with Gasteiger partial charge in [0.15, 0.2) is 5.52 Å². The zero-order valence-corrected chi connectivity index (χ0v) is 11.2.